The van der Waals surface area contributed by atoms with Gasteiger partial charge in [-0.3, -0.25) is 9.69 Å². The first kappa shape index (κ1) is 24.2. The van der Waals surface area contributed by atoms with Crippen LogP contribution >= 0.6 is 11.8 Å². The van der Waals surface area contributed by atoms with E-state index in [9.17, 15) is 9.59 Å². The molecule has 1 aliphatic heterocycles. The predicted molar refractivity (Wildman–Crippen MR) is 123 cm³/mol. The molecule has 3 rings (SSSR count). The van der Waals surface area contributed by atoms with Crippen LogP contribution < -0.4 is 5.32 Å². The minimum Gasteiger partial charge on any atom is -0.444 e. The Labute approximate surface area is 193 Å². The van der Waals surface area contributed by atoms with E-state index in [0.29, 0.717) is 30.6 Å². The molecule has 176 valence electrons. The van der Waals surface area contributed by atoms with Crippen molar-refractivity contribution in [1.82, 2.24) is 34.7 Å². The molecule has 1 aliphatic rings. The molecule has 2 amide bonds. The first-order valence-corrected chi connectivity index (χ1v) is 12.0. The number of aromatic nitrogens is 4. The van der Waals surface area contributed by atoms with Crippen molar-refractivity contribution in [2.24, 2.45) is 0 Å². The van der Waals surface area contributed by atoms with Crippen molar-refractivity contribution in [3.63, 3.8) is 0 Å². The Morgan fingerprint density at radius 3 is 2.44 bits per heavy atom. The molecule has 0 spiro atoms. The molecule has 0 saturated carbocycles. The van der Waals surface area contributed by atoms with Crippen molar-refractivity contribution in [2.75, 3.05) is 45.5 Å². The van der Waals surface area contributed by atoms with Crippen molar-refractivity contribution in [3.8, 4) is 0 Å². The molecule has 3 heterocycles. The monoisotopic (exact) mass is 463 g/mol. The second kappa shape index (κ2) is 10.0. The quantitative estimate of drug-likeness (QED) is 0.645. The molecule has 1 fully saturated rings. The van der Waals surface area contributed by atoms with E-state index in [1.54, 1.807) is 9.42 Å². The lowest BCUT2D eigenvalue weighted by atomic mass is 10.1. The van der Waals surface area contributed by atoms with Gasteiger partial charge in [0.15, 0.2) is 0 Å². The topological polar surface area (TPSA) is 105 Å². The van der Waals surface area contributed by atoms with E-state index in [0.717, 1.165) is 36.6 Å². The van der Waals surface area contributed by atoms with Gasteiger partial charge in [0.25, 0.3) is 5.78 Å². The van der Waals surface area contributed by atoms with Gasteiger partial charge in [0.05, 0.1) is 6.42 Å². The van der Waals surface area contributed by atoms with E-state index in [1.165, 1.54) is 11.8 Å². The van der Waals surface area contributed by atoms with Crippen LogP contribution in [0.3, 0.4) is 0 Å². The number of nitrogens with one attached hydrogen (secondary N) is 1. The van der Waals surface area contributed by atoms with Gasteiger partial charge in [-0.25, -0.2) is 14.3 Å². The Morgan fingerprint density at radius 2 is 1.81 bits per heavy atom. The van der Waals surface area contributed by atoms with Gasteiger partial charge in [0.2, 0.25) is 11.1 Å². The van der Waals surface area contributed by atoms with Crippen LogP contribution in [0, 0.1) is 13.8 Å². The van der Waals surface area contributed by atoms with E-state index in [-0.39, 0.29) is 18.4 Å². The van der Waals surface area contributed by atoms with E-state index < -0.39 is 5.60 Å². The molecule has 11 heteroatoms. The summed E-state index contributed by atoms with van der Waals surface area (Å²) in [6.07, 6.45) is 1.91. The summed E-state index contributed by atoms with van der Waals surface area (Å²) < 4.78 is 7.13. The number of amides is 2. The van der Waals surface area contributed by atoms with Gasteiger partial charge in [-0.15, -0.1) is 5.10 Å². The van der Waals surface area contributed by atoms with Crippen molar-refractivity contribution in [1.29, 1.82) is 0 Å². The summed E-state index contributed by atoms with van der Waals surface area (Å²) >= 11 is 1.46. The maximum absolute atomic E-state index is 12.6. The zero-order valence-electron chi connectivity index (χ0n) is 19.8. The molecule has 32 heavy (non-hydrogen) atoms. The van der Waals surface area contributed by atoms with Crippen LogP contribution in [0.15, 0.2) is 5.16 Å². The van der Waals surface area contributed by atoms with Gasteiger partial charge in [-0.2, -0.15) is 4.98 Å². The van der Waals surface area contributed by atoms with Crippen molar-refractivity contribution >= 4 is 29.5 Å². The van der Waals surface area contributed by atoms with E-state index in [4.69, 9.17) is 4.74 Å². The van der Waals surface area contributed by atoms with Gasteiger partial charge in [-0.05, 0) is 40.9 Å². The minimum atomic E-state index is -0.486. The van der Waals surface area contributed by atoms with Gasteiger partial charge in [0.1, 0.15) is 5.60 Å². The summed E-state index contributed by atoms with van der Waals surface area (Å²) in [5.74, 6) is 0.508. The Hall–Kier alpha value is -2.40. The Bertz CT molecular complexity index is 978. The molecule has 0 aliphatic carbocycles. The third kappa shape index (κ3) is 6.10. The molecule has 0 aromatic carbocycles. The van der Waals surface area contributed by atoms with E-state index in [1.807, 2.05) is 40.9 Å². The smallest absolute Gasteiger partial charge is 0.410 e. The van der Waals surface area contributed by atoms with Crippen LogP contribution in [0.1, 0.15) is 37.7 Å². The van der Waals surface area contributed by atoms with Crippen LogP contribution in [-0.4, -0.2) is 92.5 Å². The molecule has 10 nitrogen and oxygen atoms in total. The number of rotatable bonds is 6. The van der Waals surface area contributed by atoms with Crippen LogP contribution in [-0.2, 0) is 16.0 Å². The maximum Gasteiger partial charge on any atom is 0.410 e. The number of nitrogens with zero attached hydrogens (tertiary/aromatic N) is 6. The summed E-state index contributed by atoms with van der Waals surface area (Å²) in [6.45, 7) is 13.5. The number of carbonyl (C=O) groups excluding carboxylic acids is 2. The number of aryl methyl sites for hydroxylation is 2. The SMILES string of the molecule is CSc1nc2nc(C)c(CC(=O)NCCN3CCN(C(=O)OC(C)(C)C)CC3)c(C)n2n1. The highest BCUT2D eigenvalue weighted by atomic mass is 32.2. The third-order valence-electron chi connectivity index (χ3n) is 5.32. The van der Waals surface area contributed by atoms with Gasteiger partial charge in [-0.1, -0.05) is 11.8 Å². The highest BCUT2D eigenvalue weighted by Gasteiger charge is 2.25. The average Bonchev–Trinajstić information content (AvgIpc) is 3.13. The summed E-state index contributed by atoms with van der Waals surface area (Å²) in [5.41, 5.74) is 2.07. The zero-order valence-corrected chi connectivity index (χ0v) is 20.6. The number of thioether (sulfide) groups is 1. The maximum atomic E-state index is 12.6. The molecule has 1 N–H and O–H groups in total. The number of hydrogen-bond acceptors (Lipinski definition) is 8. The summed E-state index contributed by atoms with van der Waals surface area (Å²) in [4.78, 5) is 37.6. The zero-order chi connectivity index (χ0) is 23.5. The van der Waals surface area contributed by atoms with Crippen molar-refractivity contribution in [3.05, 3.63) is 17.0 Å². The van der Waals surface area contributed by atoms with Gasteiger partial charge in [0, 0.05) is 56.2 Å². The summed E-state index contributed by atoms with van der Waals surface area (Å²) in [5, 5.41) is 8.09. The first-order chi connectivity index (χ1) is 15.1. The largest absolute Gasteiger partial charge is 0.444 e. The Morgan fingerprint density at radius 1 is 1.12 bits per heavy atom. The van der Waals surface area contributed by atoms with E-state index in [2.05, 4.69) is 25.3 Å². The third-order valence-corrected chi connectivity index (χ3v) is 5.86. The fourth-order valence-corrected chi connectivity index (χ4v) is 3.93. The molecule has 0 bridgehead atoms. The van der Waals surface area contributed by atoms with Crippen LogP contribution in [0.2, 0.25) is 0 Å². The van der Waals surface area contributed by atoms with Crippen molar-refractivity contribution < 1.29 is 14.3 Å². The fraction of sp³-hybridized carbons (Fsp3) is 0.667. The number of fused-ring (bicyclic) bond motifs is 1. The van der Waals surface area contributed by atoms with Crippen LogP contribution in [0.5, 0.6) is 0 Å². The minimum absolute atomic E-state index is 0.0463. The lowest BCUT2D eigenvalue weighted by molar-refractivity contribution is -0.120. The Balaban J connectivity index is 1.46. The highest BCUT2D eigenvalue weighted by molar-refractivity contribution is 7.98. The van der Waals surface area contributed by atoms with Crippen molar-refractivity contribution in [2.45, 2.75) is 51.8 Å². The number of carbonyl (C=O) groups is 2. The standard InChI is InChI=1S/C21H33N7O3S/c1-14-16(15(2)28-18(23-14)24-19(25-28)32-6)13-17(29)22-7-8-26-9-11-27(12-10-26)20(30)31-21(3,4)5/h7-13H2,1-6H3,(H,22,29). The second-order valence-corrected chi connectivity index (χ2v) is 9.68. The molecular formula is C21H33N7O3S. The summed E-state index contributed by atoms with van der Waals surface area (Å²) in [7, 11) is 0. The summed E-state index contributed by atoms with van der Waals surface area (Å²) in [6, 6.07) is 0. The lowest BCUT2D eigenvalue weighted by Gasteiger charge is -2.35. The molecule has 2 aromatic rings. The molecule has 0 atom stereocenters. The van der Waals surface area contributed by atoms with Gasteiger partial charge < -0.3 is 15.0 Å². The molecule has 1 saturated heterocycles. The predicted octanol–water partition coefficient (Wildman–Crippen LogP) is 1.67. The normalized spacial score (nSPS) is 15.2. The van der Waals surface area contributed by atoms with E-state index >= 15 is 0 Å². The number of hydrogen-bond donors (Lipinski definition) is 1. The number of piperazine rings is 1. The lowest BCUT2D eigenvalue weighted by Crippen LogP contribution is -2.51. The molecule has 0 radical (unpaired) electrons. The van der Waals surface area contributed by atoms with Gasteiger partial charge >= 0.3 is 6.09 Å². The molecule has 0 unspecified atom stereocenters. The first-order valence-electron chi connectivity index (χ1n) is 10.8. The Kier molecular flexibility index (Phi) is 7.60. The van der Waals surface area contributed by atoms with Crippen LogP contribution in [0.4, 0.5) is 4.79 Å². The highest BCUT2D eigenvalue weighted by Crippen LogP contribution is 2.17. The number of ether oxygens (including phenoxy) is 1. The average molecular weight is 464 g/mol. The molecule has 2 aromatic heterocycles. The second-order valence-electron chi connectivity index (χ2n) is 8.91. The molecular weight excluding hydrogens is 430 g/mol. The fourth-order valence-electron chi connectivity index (χ4n) is 3.59. The van der Waals surface area contributed by atoms with Crippen LogP contribution in [0.25, 0.3) is 5.78 Å².